The van der Waals surface area contributed by atoms with Gasteiger partial charge in [-0.2, -0.15) is 0 Å². The monoisotopic (exact) mass is 286 g/mol. The quantitative estimate of drug-likeness (QED) is 0.927. The summed E-state index contributed by atoms with van der Waals surface area (Å²) >= 11 is 0. The number of carbonyl (C=O) groups is 2. The molecule has 2 unspecified atom stereocenters. The predicted molar refractivity (Wildman–Crippen MR) is 82.1 cm³/mol. The summed E-state index contributed by atoms with van der Waals surface area (Å²) in [6.45, 7) is 5.96. The van der Waals surface area contributed by atoms with Crippen LogP contribution in [0.4, 0.5) is 5.69 Å². The zero-order chi connectivity index (χ0) is 15.1. The Morgan fingerprint density at radius 3 is 2.57 bits per heavy atom. The van der Waals surface area contributed by atoms with Crippen LogP contribution in [0.1, 0.15) is 37.3 Å². The Hall–Kier alpha value is -1.84. The molecule has 1 aromatic carbocycles. The number of nitrogens with one attached hydrogen (secondary N) is 1. The first-order valence-electron chi connectivity index (χ1n) is 7.73. The molecule has 2 amide bonds. The maximum atomic E-state index is 12.9. The smallest absolute Gasteiger partial charge is 0.250 e. The molecule has 112 valence electrons. The Kier molecular flexibility index (Phi) is 3.47. The number of nitrogens with zero attached hydrogens (tertiary/aromatic N) is 1. The molecule has 0 bridgehead atoms. The lowest BCUT2D eigenvalue weighted by molar-refractivity contribution is -0.134. The molecule has 0 aromatic heterocycles. The number of aryl methyl sites for hydroxylation is 2. The van der Waals surface area contributed by atoms with Crippen molar-refractivity contribution in [2.75, 3.05) is 4.90 Å². The van der Waals surface area contributed by atoms with E-state index < -0.39 is 6.04 Å². The number of piperazine rings is 1. The molecular formula is C17H22N2O2. The van der Waals surface area contributed by atoms with Crippen molar-refractivity contribution in [2.24, 2.45) is 5.92 Å². The van der Waals surface area contributed by atoms with Crippen molar-refractivity contribution >= 4 is 17.5 Å². The van der Waals surface area contributed by atoms with Crippen LogP contribution < -0.4 is 10.2 Å². The lowest BCUT2D eigenvalue weighted by Crippen LogP contribution is -2.64. The van der Waals surface area contributed by atoms with Gasteiger partial charge in [0.2, 0.25) is 5.91 Å². The molecule has 21 heavy (non-hydrogen) atoms. The summed E-state index contributed by atoms with van der Waals surface area (Å²) in [5, 5.41) is 2.93. The van der Waals surface area contributed by atoms with E-state index in [0.29, 0.717) is 12.3 Å². The highest BCUT2D eigenvalue weighted by molar-refractivity contribution is 6.09. The van der Waals surface area contributed by atoms with Crippen molar-refractivity contribution in [3.8, 4) is 0 Å². The van der Waals surface area contributed by atoms with Crippen molar-refractivity contribution in [2.45, 2.75) is 52.1 Å². The van der Waals surface area contributed by atoms with Crippen LogP contribution in [-0.2, 0) is 9.59 Å². The molecule has 0 radical (unpaired) electrons. The number of carbonyl (C=O) groups excluding carboxylic acids is 2. The number of benzene rings is 1. The second-order valence-corrected chi connectivity index (χ2v) is 6.25. The van der Waals surface area contributed by atoms with Gasteiger partial charge in [-0.3, -0.25) is 14.5 Å². The molecule has 4 nitrogen and oxygen atoms in total. The minimum atomic E-state index is -0.395. The zero-order valence-electron chi connectivity index (χ0n) is 12.8. The van der Waals surface area contributed by atoms with Crippen molar-refractivity contribution < 1.29 is 9.59 Å². The molecule has 1 aliphatic heterocycles. The number of anilines is 1. The molecule has 2 fully saturated rings. The first-order chi connectivity index (χ1) is 10.0. The van der Waals surface area contributed by atoms with E-state index in [-0.39, 0.29) is 17.9 Å². The molecule has 1 saturated carbocycles. The van der Waals surface area contributed by atoms with Crippen LogP contribution in [0.15, 0.2) is 18.2 Å². The summed E-state index contributed by atoms with van der Waals surface area (Å²) in [5.41, 5.74) is 3.02. The van der Waals surface area contributed by atoms with Crippen LogP contribution in [0.25, 0.3) is 0 Å². The molecule has 4 heteroatoms. The van der Waals surface area contributed by atoms with Gasteiger partial charge in [0.15, 0.2) is 0 Å². The average molecular weight is 286 g/mol. The Bertz CT molecular complexity index is 592. The maximum Gasteiger partial charge on any atom is 0.250 e. The van der Waals surface area contributed by atoms with Gasteiger partial charge in [0.1, 0.15) is 12.1 Å². The van der Waals surface area contributed by atoms with E-state index in [1.54, 1.807) is 4.90 Å². The second-order valence-electron chi connectivity index (χ2n) is 6.25. The van der Waals surface area contributed by atoms with Crippen LogP contribution in [0.3, 0.4) is 0 Å². The van der Waals surface area contributed by atoms with Gasteiger partial charge in [-0.25, -0.2) is 0 Å². The summed E-state index contributed by atoms with van der Waals surface area (Å²) in [5.74, 6) is 0.361. The molecule has 2 atom stereocenters. The average Bonchev–Trinajstić information content (AvgIpc) is 3.28. The van der Waals surface area contributed by atoms with Gasteiger partial charge in [0.25, 0.3) is 5.91 Å². The number of rotatable bonds is 3. The summed E-state index contributed by atoms with van der Waals surface area (Å²) in [7, 11) is 0. The zero-order valence-corrected chi connectivity index (χ0v) is 12.8. The highest BCUT2D eigenvalue weighted by Crippen LogP contribution is 2.37. The van der Waals surface area contributed by atoms with Crippen LogP contribution in [0.2, 0.25) is 0 Å². The van der Waals surface area contributed by atoms with Gasteiger partial charge >= 0.3 is 0 Å². The van der Waals surface area contributed by atoms with Crippen LogP contribution in [0, 0.1) is 19.8 Å². The minimum absolute atomic E-state index is 0.0186. The molecule has 1 heterocycles. The second kappa shape index (κ2) is 5.17. The number of hydrogen-bond acceptors (Lipinski definition) is 2. The molecule has 3 rings (SSSR count). The fraction of sp³-hybridized carbons (Fsp3) is 0.529. The summed E-state index contributed by atoms with van der Waals surface area (Å²) in [6.07, 6.45) is 2.70. The molecule has 1 N–H and O–H groups in total. The van der Waals surface area contributed by atoms with Crippen LogP contribution in [-0.4, -0.2) is 23.9 Å². The molecule has 1 aliphatic carbocycles. The van der Waals surface area contributed by atoms with E-state index in [1.165, 1.54) is 0 Å². The molecule has 1 saturated heterocycles. The third kappa shape index (κ3) is 2.43. The summed E-state index contributed by atoms with van der Waals surface area (Å²) in [4.78, 5) is 27.0. The van der Waals surface area contributed by atoms with Gasteiger partial charge < -0.3 is 5.32 Å². The minimum Gasteiger partial charge on any atom is -0.342 e. The Balaban J connectivity index is 2.03. The van der Waals surface area contributed by atoms with E-state index >= 15 is 0 Å². The van der Waals surface area contributed by atoms with E-state index in [0.717, 1.165) is 29.7 Å². The molecule has 0 spiro atoms. The van der Waals surface area contributed by atoms with E-state index in [2.05, 4.69) is 5.32 Å². The maximum absolute atomic E-state index is 12.9. The van der Waals surface area contributed by atoms with Gasteiger partial charge in [-0.1, -0.05) is 19.1 Å². The highest BCUT2D eigenvalue weighted by Gasteiger charge is 2.47. The first-order valence-corrected chi connectivity index (χ1v) is 7.73. The third-order valence-corrected chi connectivity index (χ3v) is 4.52. The number of amides is 2. The van der Waals surface area contributed by atoms with Gasteiger partial charge in [-0.15, -0.1) is 0 Å². The fourth-order valence-corrected chi connectivity index (χ4v) is 3.11. The SMILES string of the molecule is CCC1C(=O)NC(C2CC2)C(=O)N1c1cc(C)ccc1C. The lowest BCUT2D eigenvalue weighted by Gasteiger charge is -2.39. The van der Waals surface area contributed by atoms with Crippen molar-refractivity contribution in [1.29, 1.82) is 0 Å². The third-order valence-electron chi connectivity index (χ3n) is 4.52. The fourth-order valence-electron chi connectivity index (χ4n) is 3.11. The molecule has 1 aromatic rings. The van der Waals surface area contributed by atoms with Gasteiger partial charge in [-0.05, 0) is 56.2 Å². The standard InChI is InChI=1S/C17H22N2O2/c1-4-13-16(20)18-15(12-7-8-12)17(21)19(13)14-9-10(2)5-6-11(14)3/h5-6,9,12-13,15H,4,7-8H2,1-3H3,(H,18,20). The van der Waals surface area contributed by atoms with Gasteiger partial charge in [0, 0.05) is 5.69 Å². The normalized spacial score (nSPS) is 26.0. The largest absolute Gasteiger partial charge is 0.342 e. The first kappa shape index (κ1) is 14.1. The number of hydrogen-bond donors (Lipinski definition) is 1. The van der Waals surface area contributed by atoms with Crippen molar-refractivity contribution in [3.63, 3.8) is 0 Å². The van der Waals surface area contributed by atoms with Crippen LogP contribution >= 0.6 is 0 Å². The van der Waals surface area contributed by atoms with Crippen LogP contribution in [0.5, 0.6) is 0 Å². The topological polar surface area (TPSA) is 49.4 Å². The summed E-state index contributed by atoms with van der Waals surface area (Å²) in [6, 6.07) is 5.34. The highest BCUT2D eigenvalue weighted by atomic mass is 16.2. The Labute approximate surface area is 125 Å². The Morgan fingerprint density at radius 1 is 1.24 bits per heavy atom. The molecule has 2 aliphatic rings. The summed E-state index contributed by atoms with van der Waals surface area (Å²) < 4.78 is 0. The van der Waals surface area contributed by atoms with Gasteiger partial charge in [0.05, 0.1) is 0 Å². The van der Waals surface area contributed by atoms with Crippen molar-refractivity contribution in [1.82, 2.24) is 5.32 Å². The van der Waals surface area contributed by atoms with E-state index in [1.807, 2.05) is 39.0 Å². The van der Waals surface area contributed by atoms with E-state index in [9.17, 15) is 9.59 Å². The Morgan fingerprint density at radius 2 is 1.95 bits per heavy atom. The predicted octanol–water partition coefficient (Wildman–Crippen LogP) is 2.32. The lowest BCUT2D eigenvalue weighted by atomic mass is 9.99. The van der Waals surface area contributed by atoms with E-state index in [4.69, 9.17) is 0 Å². The molecular weight excluding hydrogens is 264 g/mol. The van der Waals surface area contributed by atoms with Crippen molar-refractivity contribution in [3.05, 3.63) is 29.3 Å².